The average Bonchev–Trinajstić information content (AvgIpc) is 2.19. The van der Waals surface area contributed by atoms with Crippen LogP contribution < -0.4 is 11.3 Å². The highest BCUT2D eigenvalue weighted by Crippen LogP contribution is 2.12. The fourth-order valence-electron chi connectivity index (χ4n) is 1.39. The molecule has 3 nitrogen and oxygen atoms in total. The van der Waals surface area contributed by atoms with Gasteiger partial charge in [0, 0.05) is 6.42 Å². The highest BCUT2D eigenvalue weighted by Gasteiger charge is 2.02. The van der Waals surface area contributed by atoms with E-state index in [4.69, 9.17) is 5.84 Å². The molecule has 0 aliphatic rings. The van der Waals surface area contributed by atoms with Crippen LogP contribution in [0.2, 0.25) is 0 Å². The van der Waals surface area contributed by atoms with Crippen molar-refractivity contribution in [1.29, 1.82) is 0 Å². The number of hydrogen-bond acceptors (Lipinski definition) is 2. The molecule has 76 valence electrons. The van der Waals surface area contributed by atoms with Gasteiger partial charge in [0.15, 0.2) is 0 Å². The molecular formula is C11H16N2O. The molecule has 0 aliphatic heterocycles. The predicted octanol–water partition coefficient (Wildman–Crippen LogP) is 1.23. The Morgan fingerprint density at radius 3 is 2.79 bits per heavy atom. The number of amides is 1. The zero-order valence-electron chi connectivity index (χ0n) is 8.63. The summed E-state index contributed by atoms with van der Waals surface area (Å²) in [5.74, 6) is 4.89. The maximum atomic E-state index is 10.9. The predicted molar refractivity (Wildman–Crippen MR) is 56.6 cm³/mol. The first-order valence-corrected chi connectivity index (χ1v) is 4.69. The molecule has 1 amide bonds. The van der Waals surface area contributed by atoms with Crippen molar-refractivity contribution in [3.63, 3.8) is 0 Å². The van der Waals surface area contributed by atoms with Crippen molar-refractivity contribution in [2.75, 3.05) is 0 Å². The third-order valence-corrected chi connectivity index (χ3v) is 2.29. The highest BCUT2D eigenvalue weighted by atomic mass is 16.2. The molecule has 0 radical (unpaired) electrons. The van der Waals surface area contributed by atoms with E-state index in [0.29, 0.717) is 6.42 Å². The van der Waals surface area contributed by atoms with E-state index in [1.807, 2.05) is 6.92 Å². The summed E-state index contributed by atoms with van der Waals surface area (Å²) in [6.45, 7) is 4.10. The molecule has 1 rings (SSSR count). The van der Waals surface area contributed by atoms with E-state index in [0.717, 1.165) is 6.42 Å². The summed E-state index contributed by atoms with van der Waals surface area (Å²) >= 11 is 0. The lowest BCUT2D eigenvalue weighted by Gasteiger charge is -2.06. The quantitative estimate of drug-likeness (QED) is 0.430. The molecule has 1 aromatic rings. The van der Waals surface area contributed by atoms with E-state index in [9.17, 15) is 4.79 Å². The molecule has 0 spiro atoms. The Kier molecular flexibility index (Phi) is 3.65. The van der Waals surface area contributed by atoms with Gasteiger partial charge < -0.3 is 0 Å². The lowest BCUT2D eigenvalue weighted by molar-refractivity contribution is -0.121. The van der Waals surface area contributed by atoms with E-state index in [1.54, 1.807) is 0 Å². The number of carbonyl (C=O) groups is 1. The van der Waals surface area contributed by atoms with E-state index in [2.05, 4.69) is 30.5 Å². The lowest BCUT2D eigenvalue weighted by atomic mass is 10.0. The van der Waals surface area contributed by atoms with Crippen LogP contribution in [-0.4, -0.2) is 5.91 Å². The molecule has 3 N–H and O–H groups in total. The van der Waals surface area contributed by atoms with Crippen molar-refractivity contribution in [1.82, 2.24) is 5.43 Å². The summed E-state index contributed by atoms with van der Waals surface area (Å²) in [6.07, 6.45) is 1.19. The lowest BCUT2D eigenvalue weighted by Crippen LogP contribution is -2.30. The number of benzene rings is 1. The second-order valence-electron chi connectivity index (χ2n) is 3.50. The summed E-state index contributed by atoms with van der Waals surface area (Å²) in [6, 6.07) is 6.26. The van der Waals surface area contributed by atoms with Crippen molar-refractivity contribution in [3.05, 3.63) is 34.9 Å². The monoisotopic (exact) mass is 192 g/mol. The van der Waals surface area contributed by atoms with Gasteiger partial charge in [0.05, 0.1) is 0 Å². The SMILES string of the molecule is Cc1ccc(C)c(CCC(=O)NN)c1. The standard InChI is InChI=1S/C11H16N2O/c1-8-3-4-9(2)10(7-8)5-6-11(14)13-12/h3-4,7H,5-6,12H2,1-2H3,(H,13,14). The second-order valence-corrected chi connectivity index (χ2v) is 3.50. The number of nitrogens with two attached hydrogens (primary N) is 1. The maximum Gasteiger partial charge on any atom is 0.234 e. The van der Waals surface area contributed by atoms with Gasteiger partial charge in [-0.2, -0.15) is 0 Å². The normalized spacial score (nSPS) is 9.93. The van der Waals surface area contributed by atoms with Gasteiger partial charge in [0.2, 0.25) is 5.91 Å². The molecule has 0 saturated carbocycles. The van der Waals surface area contributed by atoms with E-state index in [-0.39, 0.29) is 5.91 Å². The van der Waals surface area contributed by atoms with Crippen LogP contribution in [0.25, 0.3) is 0 Å². The molecule has 1 aromatic carbocycles. The molecule has 14 heavy (non-hydrogen) atoms. The number of hydrazine groups is 1. The Morgan fingerprint density at radius 1 is 1.43 bits per heavy atom. The number of aryl methyl sites for hydroxylation is 3. The summed E-state index contributed by atoms with van der Waals surface area (Å²) in [7, 11) is 0. The van der Waals surface area contributed by atoms with Crippen LogP contribution in [0.15, 0.2) is 18.2 Å². The van der Waals surface area contributed by atoms with Crippen molar-refractivity contribution in [2.45, 2.75) is 26.7 Å². The minimum Gasteiger partial charge on any atom is -0.294 e. The first-order chi connectivity index (χ1) is 6.63. The van der Waals surface area contributed by atoms with Crippen molar-refractivity contribution < 1.29 is 4.79 Å². The van der Waals surface area contributed by atoms with Gasteiger partial charge >= 0.3 is 0 Å². The fraction of sp³-hybridized carbons (Fsp3) is 0.364. The van der Waals surface area contributed by atoms with Crippen LogP contribution in [0.3, 0.4) is 0 Å². The Labute approximate surface area is 84.3 Å². The Morgan fingerprint density at radius 2 is 2.14 bits per heavy atom. The third kappa shape index (κ3) is 2.85. The maximum absolute atomic E-state index is 10.9. The number of hydrogen-bond donors (Lipinski definition) is 2. The van der Waals surface area contributed by atoms with Gasteiger partial charge in [0.1, 0.15) is 0 Å². The Balaban J connectivity index is 2.66. The first kappa shape index (κ1) is 10.7. The first-order valence-electron chi connectivity index (χ1n) is 4.69. The second kappa shape index (κ2) is 4.77. The Bertz CT molecular complexity index is 334. The molecule has 0 saturated heterocycles. The molecule has 3 heteroatoms. The van der Waals surface area contributed by atoms with E-state index >= 15 is 0 Å². The van der Waals surface area contributed by atoms with Crippen LogP contribution in [0.5, 0.6) is 0 Å². The minimum atomic E-state index is -0.120. The molecule has 0 atom stereocenters. The summed E-state index contributed by atoms with van der Waals surface area (Å²) in [4.78, 5) is 10.9. The van der Waals surface area contributed by atoms with Gasteiger partial charge in [-0.1, -0.05) is 23.8 Å². The average molecular weight is 192 g/mol. The number of rotatable bonds is 3. The zero-order chi connectivity index (χ0) is 10.6. The van der Waals surface area contributed by atoms with Crippen molar-refractivity contribution in [2.24, 2.45) is 5.84 Å². The highest BCUT2D eigenvalue weighted by molar-refractivity contribution is 5.75. The summed E-state index contributed by atoms with van der Waals surface area (Å²) < 4.78 is 0. The topological polar surface area (TPSA) is 55.1 Å². The van der Waals surface area contributed by atoms with Gasteiger partial charge in [-0.25, -0.2) is 5.84 Å². The molecular weight excluding hydrogens is 176 g/mol. The molecule has 0 aromatic heterocycles. The van der Waals surface area contributed by atoms with Crippen molar-refractivity contribution in [3.8, 4) is 0 Å². The largest absolute Gasteiger partial charge is 0.294 e. The van der Waals surface area contributed by atoms with Crippen molar-refractivity contribution >= 4 is 5.91 Å². The van der Waals surface area contributed by atoms with Gasteiger partial charge in [-0.3, -0.25) is 10.2 Å². The third-order valence-electron chi connectivity index (χ3n) is 2.29. The molecule has 0 bridgehead atoms. The Hall–Kier alpha value is -1.35. The molecule has 0 heterocycles. The zero-order valence-corrected chi connectivity index (χ0v) is 8.63. The van der Waals surface area contributed by atoms with Crippen LogP contribution >= 0.6 is 0 Å². The van der Waals surface area contributed by atoms with Crippen LogP contribution in [0, 0.1) is 13.8 Å². The summed E-state index contributed by atoms with van der Waals surface area (Å²) in [5, 5.41) is 0. The smallest absolute Gasteiger partial charge is 0.234 e. The van der Waals surface area contributed by atoms with E-state index < -0.39 is 0 Å². The van der Waals surface area contributed by atoms with Crippen LogP contribution in [0.4, 0.5) is 0 Å². The fourth-order valence-corrected chi connectivity index (χ4v) is 1.39. The minimum absolute atomic E-state index is 0.120. The molecule has 0 unspecified atom stereocenters. The van der Waals surface area contributed by atoms with E-state index in [1.165, 1.54) is 16.7 Å². The van der Waals surface area contributed by atoms with Crippen LogP contribution in [-0.2, 0) is 11.2 Å². The molecule has 0 fully saturated rings. The number of nitrogens with one attached hydrogen (secondary N) is 1. The van der Waals surface area contributed by atoms with Crippen LogP contribution in [0.1, 0.15) is 23.1 Å². The summed E-state index contributed by atoms with van der Waals surface area (Å²) in [5.41, 5.74) is 5.79. The number of carbonyl (C=O) groups excluding carboxylic acids is 1. The van der Waals surface area contributed by atoms with Gasteiger partial charge in [-0.15, -0.1) is 0 Å². The van der Waals surface area contributed by atoms with Gasteiger partial charge in [0.25, 0.3) is 0 Å². The van der Waals surface area contributed by atoms with Gasteiger partial charge in [-0.05, 0) is 31.4 Å². The molecule has 0 aliphatic carbocycles.